The highest BCUT2D eigenvalue weighted by atomic mass is 19.1. The molecule has 0 atom stereocenters. The Morgan fingerprint density at radius 2 is 2.05 bits per heavy atom. The van der Waals surface area contributed by atoms with E-state index in [0.29, 0.717) is 6.54 Å². The third-order valence-corrected chi connectivity index (χ3v) is 3.98. The summed E-state index contributed by atoms with van der Waals surface area (Å²) >= 11 is 0. The van der Waals surface area contributed by atoms with Crippen LogP contribution in [0.1, 0.15) is 36.8 Å². The molecule has 2 rings (SSSR count). The maximum Gasteiger partial charge on any atom is 0.127 e. The first-order chi connectivity index (χ1) is 9.19. The molecule has 0 aliphatic heterocycles. The molecule has 2 nitrogen and oxygen atoms in total. The summed E-state index contributed by atoms with van der Waals surface area (Å²) in [6.45, 7) is 2.59. The zero-order valence-electron chi connectivity index (χ0n) is 12.1. The zero-order valence-corrected chi connectivity index (χ0v) is 12.1. The second-order valence-electron chi connectivity index (χ2n) is 5.80. The van der Waals surface area contributed by atoms with Crippen LogP contribution in [0.5, 0.6) is 0 Å². The Labute approximate surface area is 116 Å². The summed E-state index contributed by atoms with van der Waals surface area (Å²) in [4.78, 5) is 2.26. The summed E-state index contributed by atoms with van der Waals surface area (Å²) < 4.78 is 13.8. The molecule has 106 valence electrons. The second kappa shape index (κ2) is 7.01. The van der Waals surface area contributed by atoms with E-state index in [-0.39, 0.29) is 5.82 Å². The third kappa shape index (κ3) is 4.29. The van der Waals surface area contributed by atoms with Crippen molar-refractivity contribution in [2.75, 3.05) is 20.6 Å². The lowest BCUT2D eigenvalue weighted by atomic mass is 10.1. The monoisotopic (exact) mass is 264 g/mol. The van der Waals surface area contributed by atoms with Crippen molar-refractivity contribution < 1.29 is 4.39 Å². The molecule has 1 aromatic carbocycles. The number of hydrogen-bond donors (Lipinski definition) is 1. The van der Waals surface area contributed by atoms with Gasteiger partial charge in [-0.3, -0.25) is 0 Å². The van der Waals surface area contributed by atoms with E-state index >= 15 is 0 Å². The smallest absolute Gasteiger partial charge is 0.127 e. The van der Waals surface area contributed by atoms with Crippen molar-refractivity contribution in [3.8, 4) is 0 Å². The predicted octanol–water partition coefficient (Wildman–Crippen LogP) is 3.17. The van der Waals surface area contributed by atoms with Gasteiger partial charge in [0.15, 0.2) is 0 Å². The molecule has 0 radical (unpaired) electrons. The summed E-state index contributed by atoms with van der Waals surface area (Å²) in [5, 5.41) is 3.11. The van der Waals surface area contributed by atoms with Gasteiger partial charge in [-0.25, -0.2) is 4.39 Å². The molecule has 0 aromatic heterocycles. The van der Waals surface area contributed by atoms with Gasteiger partial charge in [0, 0.05) is 25.2 Å². The van der Waals surface area contributed by atoms with E-state index in [1.54, 1.807) is 6.07 Å². The van der Waals surface area contributed by atoms with E-state index in [0.717, 1.165) is 30.1 Å². The average Bonchev–Trinajstić information content (AvgIpc) is 2.86. The Hall–Kier alpha value is -0.930. The SMILES string of the molecule is CNCc1ccc(F)c(CN(C)CC2CCCC2)c1. The first kappa shape index (κ1) is 14.5. The minimum atomic E-state index is -0.0851. The normalized spacial score (nSPS) is 16.4. The van der Waals surface area contributed by atoms with Crippen molar-refractivity contribution in [3.63, 3.8) is 0 Å². The van der Waals surface area contributed by atoms with E-state index in [1.165, 1.54) is 25.7 Å². The van der Waals surface area contributed by atoms with Gasteiger partial charge in [0.1, 0.15) is 5.82 Å². The molecular formula is C16H25FN2. The number of benzene rings is 1. The molecule has 1 aliphatic carbocycles. The Morgan fingerprint density at radius 1 is 1.32 bits per heavy atom. The number of nitrogens with one attached hydrogen (secondary N) is 1. The van der Waals surface area contributed by atoms with Crippen LogP contribution in [-0.2, 0) is 13.1 Å². The summed E-state index contributed by atoms with van der Waals surface area (Å²) in [6.07, 6.45) is 5.41. The van der Waals surface area contributed by atoms with Crippen molar-refractivity contribution in [3.05, 3.63) is 35.1 Å². The van der Waals surface area contributed by atoms with Gasteiger partial charge in [-0.2, -0.15) is 0 Å². The lowest BCUT2D eigenvalue weighted by Gasteiger charge is -2.21. The highest BCUT2D eigenvalue weighted by Crippen LogP contribution is 2.25. The fourth-order valence-corrected chi connectivity index (χ4v) is 3.05. The van der Waals surface area contributed by atoms with Crippen LogP contribution in [0.2, 0.25) is 0 Å². The van der Waals surface area contributed by atoms with Crippen LogP contribution in [0.3, 0.4) is 0 Å². The van der Waals surface area contributed by atoms with Crippen LogP contribution in [-0.4, -0.2) is 25.5 Å². The molecule has 19 heavy (non-hydrogen) atoms. The van der Waals surface area contributed by atoms with Gasteiger partial charge in [-0.1, -0.05) is 25.0 Å². The highest BCUT2D eigenvalue weighted by Gasteiger charge is 2.17. The van der Waals surface area contributed by atoms with E-state index in [2.05, 4.69) is 17.3 Å². The van der Waals surface area contributed by atoms with Crippen LogP contribution in [0.4, 0.5) is 4.39 Å². The molecule has 3 heteroatoms. The van der Waals surface area contributed by atoms with Gasteiger partial charge < -0.3 is 10.2 Å². The van der Waals surface area contributed by atoms with Crippen molar-refractivity contribution in [1.82, 2.24) is 10.2 Å². The lowest BCUT2D eigenvalue weighted by Crippen LogP contribution is -2.24. The van der Waals surface area contributed by atoms with Crippen molar-refractivity contribution in [1.29, 1.82) is 0 Å². The largest absolute Gasteiger partial charge is 0.316 e. The van der Waals surface area contributed by atoms with Crippen LogP contribution in [0.15, 0.2) is 18.2 Å². The molecule has 0 amide bonds. The number of rotatable bonds is 6. The van der Waals surface area contributed by atoms with Gasteiger partial charge in [-0.05, 0) is 44.5 Å². The standard InChI is InChI=1S/C16H25FN2/c1-18-10-14-7-8-16(17)15(9-14)12-19(2)11-13-5-3-4-6-13/h7-9,13,18H,3-6,10-12H2,1-2H3. The predicted molar refractivity (Wildman–Crippen MR) is 77.5 cm³/mol. The Bertz CT molecular complexity index is 400. The van der Waals surface area contributed by atoms with Crippen LogP contribution in [0, 0.1) is 11.7 Å². The molecule has 0 bridgehead atoms. The zero-order chi connectivity index (χ0) is 13.7. The van der Waals surface area contributed by atoms with Gasteiger partial charge in [0.2, 0.25) is 0 Å². The highest BCUT2D eigenvalue weighted by molar-refractivity contribution is 5.25. The van der Waals surface area contributed by atoms with E-state index in [1.807, 2.05) is 19.2 Å². The molecule has 0 saturated heterocycles. The first-order valence-electron chi connectivity index (χ1n) is 7.29. The van der Waals surface area contributed by atoms with Crippen LogP contribution < -0.4 is 5.32 Å². The summed E-state index contributed by atoms with van der Waals surface area (Å²) in [5.74, 6) is 0.728. The number of hydrogen-bond acceptors (Lipinski definition) is 2. The van der Waals surface area contributed by atoms with Crippen molar-refractivity contribution in [2.24, 2.45) is 5.92 Å². The van der Waals surface area contributed by atoms with Crippen molar-refractivity contribution >= 4 is 0 Å². The minimum absolute atomic E-state index is 0.0851. The lowest BCUT2D eigenvalue weighted by molar-refractivity contribution is 0.268. The molecular weight excluding hydrogens is 239 g/mol. The topological polar surface area (TPSA) is 15.3 Å². The molecule has 0 spiro atoms. The van der Waals surface area contributed by atoms with Crippen LogP contribution >= 0.6 is 0 Å². The van der Waals surface area contributed by atoms with Gasteiger partial charge in [-0.15, -0.1) is 0 Å². The number of halogens is 1. The molecule has 1 saturated carbocycles. The second-order valence-corrected chi connectivity index (χ2v) is 5.80. The average molecular weight is 264 g/mol. The summed E-state index contributed by atoms with van der Waals surface area (Å²) in [5.41, 5.74) is 1.96. The third-order valence-electron chi connectivity index (χ3n) is 3.98. The number of nitrogens with zero attached hydrogens (tertiary/aromatic N) is 1. The Balaban J connectivity index is 1.94. The molecule has 0 unspecified atom stereocenters. The molecule has 1 aliphatic rings. The molecule has 0 heterocycles. The Kier molecular flexibility index (Phi) is 5.34. The fourth-order valence-electron chi connectivity index (χ4n) is 3.05. The maximum atomic E-state index is 13.8. The van der Waals surface area contributed by atoms with E-state index in [9.17, 15) is 4.39 Å². The molecule has 1 aromatic rings. The maximum absolute atomic E-state index is 13.8. The first-order valence-corrected chi connectivity index (χ1v) is 7.29. The summed E-state index contributed by atoms with van der Waals surface area (Å²) in [6, 6.07) is 5.43. The van der Waals surface area contributed by atoms with Gasteiger partial charge in [0.25, 0.3) is 0 Å². The molecule has 1 fully saturated rings. The van der Waals surface area contributed by atoms with Gasteiger partial charge in [0.05, 0.1) is 0 Å². The molecule has 1 N–H and O–H groups in total. The van der Waals surface area contributed by atoms with Crippen molar-refractivity contribution in [2.45, 2.75) is 38.8 Å². The van der Waals surface area contributed by atoms with Crippen LogP contribution in [0.25, 0.3) is 0 Å². The minimum Gasteiger partial charge on any atom is -0.316 e. The summed E-state index contributed by atoms with van der Waals surface area (Å²) in [7, 11) is 4.01. The Morgan fingerprint density at radius 3 is 2.74 bits per heavy atom. The fraction of sp³-hybridized carbons (Fsp3) is 0.625. The van der Waals surface area contributed by atoms with E-state index in [4.69, 9.17) is 0 Å². The quantitative estimate of drug-likeness (QED) is 0.849. The van der Waals surface area contributed by atoms with E-state index < -0.39 is 0 Å². The van der Waals surface area contributed by atoms with Gasteiger partial charge >= 0.3 is 0 Å².